The quantitative estimate of drug-likeness (QED) is 0.771. The fraction of sp³-hybridized carbons (Fsp3) is 0.692. The molecule has 0 saturated heterocycles. The number of rotatable bonds is 1. The average molecular weight is 220 g/mol. The largest absolute Gasteiger partial charge is 0.384 e. The first-order chi connectivity index (χ1) is 7.30. The molecule has 0 radical (unpaired) electrons. The van der Waals surface area contributed by atoms with Gasteiger partial charge in [-0.15, -0.1) is 11.3 Å². The van der Waals surface area contributed by atoms with Gasteiger partial charge in [-0.3, -0.25) is 0 Å². The highest BCUT2D eigenvalue weighted by atomic mass is 32.1. The highest BCUT2D eigenvalue weighted by Gasteiger charge is 2.67. The van der Waals surface area contributed by atoms with Crippen LogP contribution in [0.3, 0.4) is 0 Å². The monoisotopic (exact) mass is 220 g/mol. The Morgan fingerprint density at radius 1 is 1.20 bits per heavy atom. The van der Waals surface area contributed by atoms with Gasteiger partial charge in [0.05, 0.1) is 0 Å². The Morgan fingerprint density at radius 2 is 2.00 bits per heavy atom. The molecule has 4 rings (SSSR count). The molecule has 80 valence electrons. The second-order valence-corrected chi connectivity index (χ2v) is 6.52. The van der Waals surface area contributed by atoms with E-state index in [0.29, 0.717) is 11.8 Å². The normalized spacial score (nSPS) is 41.7. The van der Waals surface area contributed by atoms with Crippen LogP contribution in [0.25, 0.3) is 0 Å². The van der Waals surface area contributed by atoms with Crippen molar-refractivity contribution in [3.8, 4) is 0 Å². The van der Waals surface area contributed by atoms with E-state index in [1.54, 1.807) is 4.88 Å². The molecule has 1 aromatic heterocycles. The van der Waals surface area contributed by atoms with Gasteiger partial charge in [-0.1, -0.05) is 6.42 Å². The molecule has 2 saturated carbocycles. The zero-order valence-corrected chi connectivity index (χ0v) is 9.65. The van der Waals surface area contributed by atoms with Crippen LogP contribution in [0.5, 0.6) is 0 Å². The number of thiophene rings is 1. The van der Waals surface area contributed by atoms with Crippen molar-refractivity contribution in [3.63, 3.8) is 0 Å². The lowest BCUT2D eigenvalue weighted by Gasteiger charge is -2.11. The molecule has 1 aromatic rings. The molecule has 2 fully saturated rings. The van der Waals surface area contributed by atoms with Crippen LogP contribution in [0, 0.1) is 11.8 Å². The van der Waals surface area contributed by atoms with E-state index in [0.717, 1.165) is 0 Å². The third-order valence-electron chi connectivity index (χ3n) is 4.68. The zero-order valence-electron chi connectivity index (χ0n) is 8.83. The first-order valence-corrected chi connectivity index (χ1v) is 6.96. The maximum absolute atomic E-state index is 10.6. The van der Waals surface area contributed by atoms with Crippen LogP contribution in [-0.4, -0.2) is 5.11 Å². The summed E-state index contributed by atoms with van der Waals surface area (Å²) in [5.74, 6) is 1.22. The molecule has 2 heteroatoms. The molecule has 1 N–H and O–H groups in total. The standard InChI is InChI=1S/C13H16OS/c14-13(9-4-2-5-10(9)13)12-7-8-3-1-6-11(8)15-12/h7,9-10,14H,1-6H2. The second-order valence-electron chi connectivity index (χ2n) is 5.38. The lowest BCUT2D eigenvalue weighted by atomic mass is 10.1. The highest BCUT2D eigenvalue weighted by molar-refractivity contribution is 7.12. The first kappa shape index (κ1) is 8.77. The average Bonchev–Trinajstić information content (AvgIpc) is 2.79. The maximum atomic E-state index is 10.6. The Labute approximate surface area is 94.1 Å². The molecule has 0 amide bonds. The maximum Gasteiger partial charge on any atom is 0.105 e. The van der Waals surface area contributed by atoms with Gasteiger partial charge in [0.25, 0.3) is 0 Å². The molecule has 0 bridgehead atoms. The summed E-state index contributed by atoms with van der Waals surface area (Å²) in [6.07, 6.45) is 7.67. The van der Waals surface area contributed by atoms with Crippen molar-refractivity contribution in [1.82, 2.24) is 0 Å². The number of aliphatic hydroxyl groups is 1. The molecule has 3 aliphatic rings. The molecule has 2 atom stereocenters. The lowest BCUT2D eigenvalue weighted by molar-refractivity contribution is 0.109. The number of hydrogen-bond donors (Lipinski definition) is 1. The Balaban J connectivity index is 1.72. The van der Waals surface area contributed by atoms with E-state index >= 15 is 0 Å². The molecular weight excluding hydrogens is 204 g/mol. The number of hydrogen-bond acceptors (Lipinski definition) is 2. The van der Waals surface area contributed by atoms with Gasteiger partial charge in [0, 0.05) is 9.75 Å². The smallest absolute Gasteiger partial charge is 0.105 e. The van der Waals surface area contributed by atoms with Gasteiger partial charge >= 0.3 is 0 Å². The fourth-order valence-electron chi connectivity index (χ4n) is 3.81. The number of fused-ring (bicyclic) bond motifs is 2. The van der Waals surface area contributed by atoms with Crippen LogP contribution in [0.4, 0.5) is 0 Å². The molecule has 3 aliphatic carbocycles. The van der Waals surface area contributed by atoms with Crippen molar-refractivity contribution in [2.75, 3.05) is 0 Å². The van der Waals surface area contributed by atoms with Gasteiger partial charge in [0.1, 0.15) is 5.60 Å². The van der Waals surface area contributed by atoms with Crippen LogP contribution in [-0.2, 0) is 18.4 Å². The Hall–Kier alpha value is -0.340. The molecule has 1 heterocycles. The third kappa shape index (κ3) is 0.974. The molecule has 15 heavy (non-hydrogen) atoms. The van der Waals surface area contributed by atoms with E-state index in [1.807, 2.05) is 11.3 Å². The first-order valence-electron chi connectivity index (χ1n) is 6.14. The molecule has 0 aromatic carbocycles. The summed E-state index contributed by atoms with van der Waals surface area (Å²) >= 11 is 1.90. The van der Waals surface area contributed by atoms with Crippen molar-refractivity contribution < 1.29 is 5.11 Å². The topological polar surface area (TPSA) is 20.2 Å². The van der Waals surface area contributed by atoms with E-state index in [4.69, 9.17) is 0 Å². The van der Waals surface area contributed by atoms with Crippen molar-refractivity contribution in [2.24, 2.45) is 11.8 Å². The van der Waals surface area contributed by atoms with Gasteiger partial charge in [0.2, 0.25) is 0 Å². The third-order valence-corrected chi connectivity index (χ3v) is 6.06. The summed E-state index contributed by atoms with van der Waals surface area (Å²) < 4.78 is 0. The van der Waals surface area contributed by atoms with Crippen LogP contribution < -0.4 is 0 Å². The summed E-state index contributed by atoms with van der Waals surface area (Å²) in [4.78, 5) is 2.85. The summed E-state index contributed by atoms with van der Waals surface area (Å²) in [7, 11) is 0. The van der Waals surface area contributed by atoms with E-state index < -0.39 is 0 Å². The highest BCUT2D eigenvalue weighted by Crippen LogP contribution is 2.67. The molecular formula is C13H16OS. The predicted octanol–water partition coefficient (Wildman–Crippen LogP) is 2.85. The van der Waals surface area contributed by atoms with Crippen LogP contribution in [0.2, 0.25) is 0 Å². The van der Waals surface area contributed by atoms with Crippen molar-refractivity contribution in [1.29, 1.82) is 0 Å². The Morgan fingerprint density at radius 3 is 2.73 bits per heavy atom. The van der Waals surface area contributed by atoms with Gasteiger partial charge in [-0.05, 0) is 55.6 Å². The molecule has 1 nitrogen and oxygen atoms in total. The van der Waals surface area contributed by atoms with E-state index in [-0.39, 0.29) is 5.60 Å². The van der Waals surface area contributed by atoms with Crippen LogP contribution in [0.1, 0.15) is 41.0 Å². The second kappa shape index (κ2) is 2.67. The van der Waals surface area contributed by atoms with Gasteiger partial charge < -0.3 is 5.11 Å². The SMILES string of the molecule is OC1(c2cc3c(s2)CCC3)C2CCCC21. The van der Waals surface area contributed by atoms with E-state index in [9.17, 15) is 5.11 Å². The minimum absolute atomic E-state index is 0.382. The van der Waals surface area contributed by atoms with Crippen molar-refractivity contribution >= 4 is 11.3 Å². The Bertz CT molecular complexity index is 389. The van der Waals surface area contributed by atoms with Gasteiger partial charge in [-0.2, -0.15) is 0 Å². The summed E-state index contributed by atoms with van der Waals surface area (Å²) in [6.45, 7) is 0. The minimum Gasteiger partial charge on any atom is -0.384 e. The van der Waals surface area contributed by atoms with E-state index in [2.05, 4.69) is 6.07 Å². The van der Waals surface area contributed by atoms with Crippen LogP contribution in [0.15, 0.2) is 6.07 Å². The summed E-state index contributed by atoms with van der Waals surface area (Å²) in [5.41, 5.74) is 1.15. The van der Waals surface area contributed by atoms with Gasteiger partial charge in [0.15, 0.2) is 0 Å². The van der Waals surface area contributed by atoms with E-state index in [1.165, 1.54) is 49.0 Å². The van der Waals surface area contributed by atoms with Crippen molar-refractivity contribution in [3.05, 3.63) is 21.4 Å². The van der Waals surface area contributed by atoms with Crippen LogP contribution >= 0.6 is 11.3 Å². The molecule has 0 spiro atoms. The zero-order chi connectivity index (χ0) is 10.0. The van der Waals surface area contributed by atoms with Gasteiger partial charge in [-0.25, -0.2) is 0 Å². The fourth-order valence-corrected chi connectivity index (χ4v) is 5.28. The minimum atomic E-state index is -0.382. The molecule has 0 aliphatic heterocycles. The van der Waals surface area contributed by atoms with Crippen molar-refractivity contribution in [2.45, 2.75) is 44.1 Å². The number of aryl methyl sites for hydroxylation is 2. The predicted molar refractivity (Wildman–Crippen MR) is 61.1 cm³/mol. The summed E-state index contributed by atoms with van der Waals surface area (Å²) in [5, 5.41) is 10.6. The summed E-state index contributed by atoms with van der Waals surface area (Å²) in [6, 6.07) is 2.31. The molecule has 2 unspecified atom stereocenters. The lowest BCUT2D eigenvalue weighted by Crippen LogP contribution is -2.10. The Kier molecular flexibility index (Phi) is 1.56.